The molecular weight excluding hydrogens is 223 g/mol. The van der Waals surface area contributed by atoms with E-state index in [-0.39, 0.29) is 0 Å². The zero-order valence-electron chi connectivity index (χ0n) is 8.13. The molecule has 0 aliphatic rings. The number of hydrogen-bond donors (Lipinski definition) is 0. The highest BCUT2D eigenvalue weighted by molar-refractivity contribution is 5.92. The average molecular weight is 229 g/mol. The van der Waals surface area contributed by atoms with Gasteiger partial charge in [0.15, 0.2) is 0 Å². The molecular formula is C10H6F3NO2. The van der Waals surface area contributed by atoms with Crippen LogP contribution in [0.4, 0.5) is 13.2 Å². The van der Waals surface area contributed by atoms with Crippen LogP contribution < -0.4 is 0 Å². The van der Waals surface area contributed by atoms with Gasteiger partial charge in [-0.05, 0) is 12.1 Å². The Labute approximate surface area is 89.1 Å². The number of halogens is 3. The summed E-state index contributed by atoms with van der Waals surface area (Å²) >= 11 is 0. The average Bonchev–Trinajstić information content (AvgIpc) is 2.26. The first-order chi connectivity index (χ1) is 7.51. The van der Waals surface area contributed by atoms with Crippen LogP contribution in [0.2, 0.25) is 0 Å². The maximum absolute atomic E-state index is 13.2. The molecule has 1 aromatic rings. The summed E-state index contributed by atoms with van der Waals surface area (Å²) in [6, 6.07) is 2.70. The molecule has 1 aromatic carbocycles. The number of alkyl halides is 2. The number of benzene rings is 1. The van der Waals surface area contributed by atoms with Crippen molar-refractivity contribution in [3.63, 3.8) is 0 Å². The lowest BCUT2D eigenvalue weighted by Crippen LogP contribution is -2.07. The van der Waals surface area contributed by atoms with E-state index in [0.717, 1.165) is 13.2 Å². The lowest BCUT2D eigenvalue weighted by Gasteiger charge is -2.06. The molecule has 3 nitrogen and oxygen atoms in total. The van der Waals surface area contributed by atoms with E-state index in [4.69, 9.17) is 5.26 Å². The molecule has 0 fully saturated rings. The second kappa shape index (κ2) is 4.66. The van der Waals surface area contributed by atoms with Gasteiger partial charge in [0, 0.05) is 5.56 Å². The van der Waals surface area contributed by atoms with Crippen LogP contribution in [0.3, 0.4) is 0 Å². The van der Waals surface area contributed by atoms with Gasteiger partial charge in [-0.2, -0.15) is 5.26 Å². The Morgan fingerprint density at radius 1 is 1.50 bits per heavy atom. The first kappa shape index (κ1) is 12.0. The van der Waals surface area contributed by atoms with Gasteiger partial charge in [0.05, 0.1) is 12.7 Å². The number of carbonyl (C=O) groups is 1. The van der Waals surface area contributed by atoms with Gasteiger partial charge in [0.2, 0.25) is 0 Å². The normalized spacial score (nSPS) is 10.0. The fourth-order valence-electron chi connectivity index (χ4n) is 1.14. The minimum atomic E-state index is -2.93. The van der Waals surface area contributed by atoms with Gasteiger partial charge in [-0.1, -0.05) is 0 Å². The van der Waals surface area contributed by atoms with Crippen molar-refractivity contribution in [1.82, 2.24) is 0 Å². The summed E-state index contributed by atoms with van der Waals surface area (Å²) in [6.45, 7) is 0. The van der Waals surface area contributed by atoms with Crippen LogP contribution in [0.1, 0.15) is 27.9 Å². The Morgan fingerprint density at radius 2 is 2.12 bits per heavy atom. The third-order valence-corrected chi connectivity index (χ3v) is 1.88. The Morgan fingerprint density at radius 3 is 2.56 bits per heavy atom. The maximum atomic E-state index is 13.2. The molecule has 0 spiro atoms. The minimum absolute atomic E-state index is 0.500. The minimum Gasteiger partial charge on any atom is -0.465 e. The van der Waals surface area contributed by atoms with Crippen LogP contribution in [0.25, 0.3) is 0 Å². The number of methoxy groups -OCH3 is 1. The second-order valence-corrected chi connectivity index (χ2v) is 2.83. The monoisotopic (exact) mass is 229 g/mol. The van der Waals surface area contributed by atoms with Gasteiger partial charge in [0.25, 0.3) is 6.43 Å². The summed E-state index contributed by atoms with van der Waals surface area (Å²) in [7, 11) is 1.01. The summed E-state index contributed by atoms with van der Waals surface area (Å²) < 4.78 is 42.1. The zero-order valence-corrected chi connectivity index (χ0v) is 8.13. The molecule has 0 N–H and O–H groups in total. The largest absolute Gasteiger partial charge is 0.465 e. The fraction of sp³-hybridized carbons (Fsp3) is 0.200. The first-order valence-corrected chi connectivity index (χ1v) is 4.11. The van der Waals surface area contributed by atoms with Crippen LogP contribution in [-0.2, 0) is 4.74 Å². The predicted molar refractivity (Wildman–Crippen MR) is 47.4 cm³/mol. The highest BCUT2D eigenvalue weighted by atomic mass is 19.3. The third kappa shape index (κ3) is 2.14. The summed E-state index contributed by atoms with van der Waals surface area (Å²) in [5, 5.41) is 8.59. The quantitative estimate of drug-likeness (QED) is 0.731. The molecule has 0 unspecified atom stereocenters. The molecule has 1 rings (SSSR count). The predicted octanol–water partition coefficient (Wildman–Crippen LogP) is 2.42. The first-order valence-electron chi connectivity index (χ1n) is 4.11. The van der Waals surface area contributed by atoms with Crippen LogP contribution in [0.15, 0.2) is 12.1 Å². The van der Waals surface area contributed by atoms with E-state index >= 15 is 0 Å². The lowest BCUT2D eigenvalue weighted by atomic mass is 10.0. The van der Waals surface area contributed by atoms with Crippen molar-refractivity contribution in [2.75, 3.05) is 7.11 Å². The third-order valence-electron chi connectivity index (χ3n) is 1.88. The van der Waals surface area contributed by atoms with Crippen LogP contribution in [0.5, 0.6) is 0 Å². The Kier molecular flexibility index (Phi) is 3.51. The zero-order chi connectivity index (χ0) is 12.3. The molecule has 0 aliphatic carbocycles. The summed E-state index contributed by atoms with van der Waals surface area (Å²) in [5.74, 6) is -2.20. The standard InChI is InChI=1S/C10H6F3NO2/c1-16-10(15)6-2-5(9(12)13)3-8(11)7(6)4-14/h2-3,9H,1H3. The molecule has 0 bridgehead atoms. The number of ether oxygens (including phenoxy) is 1. The van der Waals surface area contributed by atoms with Crippen molar-refractivity contribution in [1.29, 1.82) is 5.26 Å². The van der Waals surface area contributed by atoms with E-state index < -0.39 is 34.9 Å². The van der Waals surface area contributed by atoms with Crippen LogP contribution in [0, 0.1) is 17.1 Å². The van der Waals surface area contributed by atoms with E-state index in [1.54, 1.807) is 0 Å². The molecule has 0 aliphatic heterocycles. The number of nitrogens with zero attached hydrogens (tertiary/aromatic N) is 1. The molecule has 0 saturated heterocycles. The van der Waals surface area contributed by atoms with Gasteiger partial charge in [-0.3, -0.25) is 0 Å². The summed E-state index contributed by atoms with van der Waals surface area (Å²) in [6.07, 6.45) is -2.93. The molecule has 6 heteroatoms. The number of carbonyl (C=O) groups excluding carboxylic acids is 1. The van der Waals surface area contributed by atoms with Crippen molar-refractivity contribution in [2.45, 2.75) is 6.43 Å². The van der Waals surface area contributed by atoms with Crippen molar-refractivity contribution in [3.8, 4) is 6.07 Å². The number of hydrogen-bond acceptors (Lipinski definition) is 3. The smallest absolute Gasteiger partial charge is 0.339 e. The molecule has 0 radical (unpaired) electrons. The van der Waals surface area contributed by atoms with E-state index in [1.807, 2.05) is 0 Å². The van der Waals surface area contributed by atoms with Crippen LogP contribution >= 0.6 is 0 Å². The van der Waals surface area contributed by atoms with E-state index in [0.29, 0.717) is 6.07 Å². The Hall–Kier alpha value is -2.03. The van der Waals surface area contributed by atoms with E-state index in [1.165, 1.54) is 6.07 Å². The lowest BCUT2D eigenvalue weighted by molar-refractivity contribution is 0.0599. The molecule has 0 heterocycles. The highest BCUT2D eigenvalue weighted by Gasteiger charge is 2.20. The Bertz CT molecular complexity index is 466. The topological polar surface area (TPSA) is 50.1 Å². The molecule has 84 valence electrons. The SMILES string of the molecule is COC(=O)c1cc(C(F)F)cc(F)c1C#N. The molecule has 0 atom stereocenters. The van der Waals surface area contributed by atoms with Gasteiger partial charge in [-0.25, -0.2) is 18.0 Å². The highest BCUT2D eigenvalue weighted by Crippen LogP contribution is 2.24. The van der Waals surface area contributed by atoms with Crippen LogP contribution in [-0.4, -0.2) is 13.1 Å². The maximum Gasteiger partial charge on any atom is 0.339 e. The molecule has 0 aromatic heterocycles. The Balaban J connectivity index is 3.44. The molecule has 16 heavy (non-hydrogen) atoms. The van der Waals surface area contributed by atoms with E-state index in [9.17, 15) is 18.0 Å². The number of esters is 1. The van der Waals surface area contributed by atoms with Crippen molar-refractivity contribution >= 4 is 5.97 Å². The van der Waals surface area contributed by atoms with Gasteiger partial charge >= 0.3 is 5.97 Å². The second-order valence-electron chi connectivity index (χ2n) is 2.83. The van der Waals surface area contributed by atoms with Crippen molar-refractivity contribution in [2.24, 2.45) is 0 Å². The molecule has 0 amide bonds. The van der Waals surface area contributed by atoms with Gasteiger partial charge in [-0.15, -0.1) is 0 Å². The van der Waals surface area contributed by atoms with Gasteiger partial charge < -0.3 is 4.74 Å². The number of nitriles is 1. The number of rotatable bonds is 2. The van der Waals surface area contributed by atoms with E-state index in [2.05, 4.69) is 4.74 Å². The van der Waals surface area contributed by atoms with Crippen molar-refractivity contribution < 1.29 is 22.7 Å². The fourth-order valence-corrected chi connectivity index (χ4v) is 1.14. The van der Waals surface area contributed by atoms with Crippen molar-refractivity contribution in [3.05, 3.63) is 34.6 Å². The summed E-state index contributed by atoms with van der Waals surface area (Å²) in [4.78, 5) is 11.1. The molecule has 0 saturated carbocycles. The van der Waals surface area contributed by atoms with Gasteiger partial charge in [0.1, 0.15) is 17.4 Å². The summed E-state index contributed by atoms with van der Waals surface area (Å²) in [5.41, 5.74) is -1.77.